The van der Waals surface area contributed by atoms with Crippen molar-refractivity contribution in [3.05, 3.63) is 0 Å². The van der Waals surface area contributed by atoms with Gasteiger partial charge in [0.15, 0.2) is 0 Å². The Morgan fingerprint density at radius 1 is 1.25 bits per heavy atom. The first-order valence-electron chi connectivity index (χ1n) is 6.69. The fourth-order valence-electron chi connectivity index (χ4n) is 2.01. The van der Waals surface area contributed by atoms with Gasteiger partial charge in [-0.15, -0.1) is 0 Å². The van der Waals surface area contributed by atoms with E-state index in [1.807, 2.05) is 0 Å². The second-order valence-corrected chi connectivity index (χ2v) is 5.78. The molecule has 0 aliphatic carbocycles. The number of aliphatic carboxylic acids is 1. The van der Waals surface area contributed by atoms with Gasteiger partial charge in [-0.05, 0) is 27.7 Å². The third-order valence-electron chi connectivity index (χ3n) is 2.89. The number of rotatable bonds is 5. The molecule has 0 aromatic rings. The molecule has 0 spiro atoms. The van der Waals surface area contributed by atoms with Crippen LogP contribution in [0.3, 0.4) is 0 Å². The summed E-state index contributed by atoms with van der Waals surface area (Å²) < 4.78 is 5.25. The predicted octanol–water partition coefficient (Wildman–Crippen LogP) is 1.52. The summed E-state index contributed by atoms with van der Waals surface area (Å²) in [6, 6.07) is 0. The maximum absolute atomic E-state index is 11.9. The topological polar surface area (TPSA) is 85.3 Å². The second kappa shape index (κ2) is 6.90. The Hall–Kier alpha value is -1.34. The van der Waals surface area contributed by atoms with E-state index in [4.69, 9.17) is 14.5 Å². The van der Waals surface area contributed by atoms with E-state index in [9.17, 15) is 14.7 Å². The standard InChI is InChI=1S/C13H23NO6/c1-5-18-19-8-9-6-14(7-10(9)11(15)16)12(17)20-13(2,3)4/h9-10H,5-8H2,1-4H3,(H,15,16)/t9-,10-/m1/s1. The van der Waals surface area contributed by atoms with Crippen LogP contribution in [-0.4, -0.2) is 54.0 Å². The summed E-state index contributed by atoms with van der Waals surface area (Å²) in [5.74, 6) is -1.91. The number of amides is 1. The zero-order chi connectivity index (χ0) is 15.3. The summed E-state index contributed by atoms with van der Waals surface area (Å²) in [6.07, 6.45) is -0.498. The van der Waals surface area contributed by atoms with E-state index in [1.54, 1.807) is 27.7 Å². The highest BCUT2D eigenvalue weighted by Gasteiger charge is 2.41. The van der Waals surface area contributed by atoms with E-state index >= 15 is 0 Å². The van der Waals surface area contributed by atoms with Gasteiger partial charge >= 0.3 is 12.1 Å². The van der Waals surface area contributed by atoms with Crippen LogP contribution in [0.1, 0.15) is 27.7 Å². The van der Waals surface area contributed by atoms with Crippen molar-refractivity contribution in [1.82, 2.24) is 4.90 Å². The molecule has 1 amide bonds. The molecule has 1 saturated heterocycles. The minimum atomic E-state index is -0.943. The summed E-state index contributed by atoms with van der Waals surface area (Å²) in [7, 11) is 0. The molecule has 0 aromatic carbocycles. The number of ether oxygens (including phenoxy) is 1. The number of hydrogen-bond acceptors (Lipinski definition) is 5. The molecular formula is C13H23NO6. The van der Waals surface area contributed by atoms with Gasteiger partial charge in [0, 0.05) is 19.0 Å². The van der Waals surface area contributed by atoms with Crippen LogP contribution in [0.4, 0.5) is 4.79 Å². The molecule has 0 aromatic heterocycles. The van der Waals surface area contributed by atoms with Crippen molar-refractivity contribution in [2.75, 3.05) is 26.3 Å². The first-order chi connectivity index (χ1) is 9.24. The highest BCUT2D eigenvalue weighted by atomic mass is 17.2. The van der Waals surface area contributed by atoms with Gasteiger partial charge in [-0.25, -0.2) is 14.6 Å². The van der Waals surface area contributed by atoms with Crippen LogP contribution in [0.15, 0.2) is 0 Å². The van der Waals surface area contributed by atoms with Gasteiger partial charge in [-0.3, -0.25) is 4.79 Å². The molecule has 1 aliphatic rings. The highest BCUT2D eigenvalue weighted by Crippen LogP contribution is 2.26. The Bertz CT molecular complexity index is 351. The molecule has 1 N–H and O–H groups in total. The van der Waals surface area contributed by atoms with Crippen LogP contribution in [0.5, 0.6) is 0 Å². The van der Waals surface area contributed by atoms with Gasteiger partial charge in [0.2, 0.25) is 0 Å². The van der Waals surface area contributed by atoms with Crippen molar-refractivity contribution in [3.63, 3.8) is 0 Å². The molecular weight excluding hydrogens is 266 g/mol. The van der Waals surface area contributed by atoms with E-state index in [-0.39, 0.29) is 19.1 Å². The van der Waals surface area contributed by atoms with Crippen LogP contribution < -0.4 is 0 Å². The Balaban J connectivity index is 2.60. The molecule has 116 valence electrons. The van der Waals surface area contributed by atoms with Gasteiger partial charge in [-0.1, -0.05) is 0 Å². The minimum Gasteiger partial charge on any atom is -0.481 e. The van der Waals surface area contributed by atoms with Crippen molar-refractivity contribution >= 4 is 12.1 Å². The maximum atomic E-state index is 11.9. The van der Waals surface area contributed by atoms with Gasteiger partial charge in [0.05, 0.1) is 19.1 Å². The molecule has 1 aliphatic heterocycles. The van der Waals surface area contributed by atoms with E-state index in [0.717, 1.165) is 0 Å². The lowest BCUT2D eigenvalue weighted by Gasteiger charge is -2.24. The fraction of sp³-hybridized carbons (Fsp3) is 0.846. The normalized spacial score (nSPS) is 22.9. The SMILES string of the molecule is CCOOC[C@H]1CN(C(=O)OC(C)(C)C)C[C@H]1C(=O)O. The first-order valence-corrected chi connectivity index (χ1v) is 6.69. The molecule has 1 heterocycles. The van der Waals surface area contributed by atoms with Crippen LogP contribution in [-0.2, 0) is 19.3 Å². The molecule has 1 rings (SSSR count). The van der Waals surface area contributed by atoms with E-state index in [1.165, 1.54) is 4.90 Å². The molecule has 0 saturated carbocycles. The number of nitrogens with zero attached hydrogens (tertiary/aromatic N) is 1. The number of carboxylic acids is 1. The van der Waals surface area contributed by atoms with Crippen LogP contribution >= 0.6 is 0 Å². The summed E-state index contributed by atoms with van der Waals surface area (Å²) in [5, 5.41) is 9.20. The monoisotopic (exact) mass is 289 g/mol. The quantitative estimate of drug-likeness (QED) is 0.469. The van der Waals surface area contributed by atoms with Crippen LogP contribution in [0.25, 0.3) is 0 Å². The summed E-state index contributed by atoms with van der Waals surface area (Å²) in [4.78, 5) is 34.3. The summed E-state index contributed by atoms with van der Waals surface area (Å²) in [5.41, 5.74) is -0.601. The lowest BCUT2D eigenvalue weighted by atomic mass is 9.97. The Morgan fingerprint density at radius 3 is 2.40 bits per heavy atom. The fourth-order valence-corrected chi connectivity index (χ4v) is 2.01. The van der Waals surface area contributed by atoms with Crippen LogP contribution in [0, 0.1) is 11.8 Å². The lowest BCUT2D eigenvalue weighted by Crippen LogP contribution is -2.36. The third-order valence-corrected chi connectivity index (χ3v) is 2.89. The molecule has 7 nitrogen and oxygen atoms in total. The summed E-state index contributed by atoms with van der Waals surface area (Å²) in [6.45, 7) is 8.03. The number of carboxylic acid groups (broad SMARTS) is 1. The summed E-state index contributed by atoms with van der Waals surface area (Å²) >= 11 is 0. The molecule has 1 fully saturated rings. The van der Waals surface area contributed by atoms with Gasteiger partial charge in [-0.2, -0.15) is 0 Å². The average Bonchev–Trinajstić information content (AvgIpc) is 2.71. The number of carbonyl (C=O) groups is 2. The number of hydrogen-bond donors (Lipinski definition) is 1. The van der Waals surface area contributed by atoms with E-state index in [2.05, 4.69) is 0 Å². The van der Waals surface area contributed by atoms with Gasteiger partial charge in [0.1, 0.15) is 5.60 Å². The number of carbonyl (C=O) groups excluding carboxylic acids is 1. The van der Waals surface area contributed by atoms with E-state index in [0.29, 0.717) is 13.2 Å². The van der Waals surface area contributed by atoms with Crippen molar-refractivity contribution in [2.24, 2.45) is 11.8 Å². The second-order valence-electron chi connectivity index (χ2n) is 5.78. The van der Waals surface area contributed by atoms with Crippen molar-refractivity contribution in [3.8, 4) is 0 Å². The smallest absolute Gasteiger partial charge is 0.410 e. The predicted molar refractivity (Wildman–Crippen MR) is 70.0 cm³/mol. The largest absolute Gasteiger partial charge is 0.481 e. The minimum absolute atomic E-state index is 0.129. The molecule has 0 unspecified atom stereocenters. The Kier molecular flexibility index (Phi) is 5.76. The maximum Gasteiger partial charge on any atom is 0.410 e. The lowest BCUT2D eigenvalue weighted by molar-refractivity contribution is -0.298. The molecule has 20 heavy (non-hydrogen) atoms. The zero-order valence-electron chi connectivity index (χ0n) is 12.4. The third kappa shape index (κ3) is 4.97. The van der Waals surface area contributed by atoms with Crippen LogP contribution in [0.2, 0.25) is 0 Å². The van der Waals surface area contributed by atoms with Crippen molar-refractivity contribution in [1.29, 1.82) is 0 Å². The molecule has 0 bridgehead atoms. The molecule has 2 atom stereocenters. The van der Waals surface area contributed by atoms with E-state index < -0.39 is 23.6 Å². The highest BCUT2D eigenvalue weighted by molar-refractivity contribution is 5.74. The Labute approximate surface area is 118 Å². The zero-order valence-corrected chi connectivity index (χ0v) is 12.4. The van der Waals surface area contributed by atoms with Crippen molar-refractivity contribution in [2.45, 2.75) is 33.3 Å². The number of likely N-dealkylation sites (tertiary alicyclic amines) is 1. The molecule has 7 heteroatoms. The first kappa shape index (κ1) is 16.7. The average molecular weight is 289 g/mol. The Morgan fingerprint density at radius 2 is 1.90 bits per heavy atom. The molecule has 0 radical (unpaired) electrons. The van der Waals surface area contributed by atoms with Crippen molar-refractivity contribution < 1.29 is 29.2 Å². The van der Waals surface area contributed by atoms with Gasteiger partial charge in [0.25, 0.3) is 0 Å². The van der Waals surface area contributed by atoms with Gasteiger partial charge < -0.3 is 14.7 Å².